The number of dihydropyridines is 1. The molecule has 9 nitrogen and oxygen atoms in total. The number of rotatable bonds is 7. The van der Waals surface area contributed by atoms with Crippen LogP contribution < -0.4 is 5.32 Å². The summed E-state index contributed by atoms with van der Waals surface area (Å²) in [5, 5.41) is 15.0. The summed E-state index contributed by atoms with van der Waals surface area (Å²) in [6.45, 7) is 5.63. The highest BCUT2D eigenvalue weighted by Crippen LogP contribution is 2.42. The van der Waals surface area contributed by atoms with Crippen LogP contribution >= 0.6 is 0 Å². The van der Waals surface area contributed by atoms with Crippen molar-refractivity contribution >= 4 is 17.6 Å². The van der Waals surface area contributed by atoms with E-state index in [1.54, 1.807) is 32.0 Å². The highest BCUT2D eigenvalue weighted by Gasteiger charge is 2.41. The lowest BCUT2D eigenvalue weighted by Gasteiger charge is -2.34. The van der Waals surface area contributed by atoms with Crippen LogP contribution in [0.4, 0.5) is 5.69 Å². The number of nitro benzene ring substituents is 1. The van der Waals surface area contributed by atoms with Gasteiger partial charge in [-0.1, -0.05) is 48.5 Å². The molecule has 2 aromatic rings. The average Bonchev–Trinajstić information content (AvgIpc) is 2.88. The lowest BCUT2D eigenvalue weighted by molar-refractivity contribution is -0.385. The van der Waals surface area contributed by atoms with Crippen molar-refractivity contribution in [3.8, 4) is 0 Å². The minimum Gasteiger partial charge on any atom is -0.466 e. The maximum Gasteiger partial charge on any atom is 0.337 e. The first-order valence-electron chi connectivity index (χ1n) is 12.3. The van der Waals surface area contributed by atoms with Gasteiger partial charge in [-0.15, -0.1) is 0 Å². The van der Waals surface area contributed by atoms with Gasteiger partial charge in [-0.05, 0) is 38.8 Å². The number of piperidine rings is 1. The molecule has 1 fully saturated rings. The summed E-state index contributed by atoms with van der Waals surface area (Å²) in [4.78, 5) is 40.2. The molecular formula is C28H31N3O6. The molecule has 0 unspecified atom stereocenters. The van der Waals surface area contributed by atoms with E-state index in [4.69, 9.17) is 9.47 Å². The molecule has 0 amide bonds. The number of hydrogen-bond donors (Lipinski definition) is 1. The number of carbonyl (C=O) groups is 2. The van der Waals surface area contributed by atoms with Crippen molar-refractivity contribution in [3.63, 3.8) is 0 Å². The third-order valence-corrected chi connectivity index (χ3v) is 6.82. The molecule has 0 bridgehead atoms. The van der Waals surface area contributed by atoms with E-state index < -0.39 is 22.8 Å². The maximum absolute atomic E-state index is 13.7. The molecule has 1 N–H and O–H groups in total. The molecule has 0 saturated carbocycles. The van der Waals surface area contributed by atoms with E-state index in [1.807, 2.05) is 18.2 Å². The Balaban J connectivity index is 1.64. The summed E-state index contributed by atoms with van der Waals surface area (Å²) in [7, 11) is 1.24. The maximum atomic E-state index is 13.7. The molecule has 2 aromatic carbocycles. The lowest BCUT2D eigenvalue weighted by atomic mass is 9.79. The highest BCUT2D eigenvalue weighted by atomic mass is 16.6. The van der Waals surface area contributed by atoms with Gasteiger partial charge in [-0.25, -0.2) is 9.59 Å². The van der Waals surface area contributed by atoms with Crippen LogP contribution in [-0.4, -0.2) is 48.1 Å². The Morgan fingerprint density at radius 2 is 1.68 bits per heavy atom. The van der Waals surface area contributed by atoms with Gasteiger partial charge in [0.2, 0.25) is 0 Å². The second-order valence-electron chi connectivity index (χ2n) is 9.33. The molecule has 2 aliphatic rings. The molecule has 2 atom stereocenters. The van der Waals surface area contributed by atoms with Crippen LogP contribution in [0, 0.1) is 10.1 Å². The molecule has 4 rings (SSSR count). The third-order valence-electron chi connectivity index (χ3n) is 6.82. The molecule has 2 aliphatic heterocycles. The normalized spacial score (nSPS) is 20.3. The summed E-state index contributed by atoms with van der Waals surface area (Å²) in [5.41, 5.74) is 2.49. The van der Waals surface area contributed by atoms with E-state index in [9.17, 15) is 19.7 Å². The van der Waals surface area contributed by atoms with Gasteiger partial charge in [0, 0.05) is 36.1 Å². The fourth-order valence-corrected chi connectivity index (χ4v) is 5.16. The molecule has 37 heavy (non-hydrogen) atoms. The van der Waals surface area contributed by atoms with Crippen molar-refractivity contribution in [1.29, 1.82) is 0 Å². The third kappa shape index (κ3) is 5.72. The molecule has 0 aliphatic carbocycles. The van der Waals surface area contributed by atoms with Crippen molar-refractivity contribution in [3.05, 3.63) is 98.4 Å². The number of esters is 2. The molecule has 2 heterocycles. The van der Waals surface area contributed by atoms with E-state index in [0.29, 0.717) is 24.4 Å². The van der Waals surface area contributed by atoms with Crippen LogP contribution in [0.15, 0.2) is 77.1 Å². The van der Waals surface area contributed by atoms with Gasteiger partial charge in [-0.2, -0.15) is 0 Å². The first-order chi connectivity index (χ1) is 17.8. The van der Waals surface area contributed by atoms with Gasteiger partial charge >= 0.3 is 11.9 Å². The summed E-state index contributed by atoms with van der Waals surface area (Å²) in [6, 6.07) is 16.2. The van der Waals surface area contributed by atoms with Gasteiger partial charge in [0.05, 0.1) is 29.1 Å². The van der Waals surface area contributed by atoms with Gasteiger partial charge in [-0.3, -0.25) is 15.0 Å². The van der Waals surface area contributed by atoms with Gasteiger partial charge in [0.25, 0.3) is 5.69 Å². The summed E-state index contributed by atoms with van der Waals surface area (Å²) in [6.07, 6.45) is 1.25. The number of para-hydroxylation sites is 1. The van der Waals surface area contributed by atoms with E-state index >= 15 is 0 Å². The minimum atomic E-state index is -1.01. The van der Waals surface area contributed by atoms with Crippen molar-refractivity contribution in [1.82, 2.24) is 10.2 Å². The monoisotopic (exact) mass is 505 g/mol. The van der Waals surface area contributed by atoms with E-state index in [0.717, 1.165) is 19.5 Å². The summed E-state index contributed by atoms with van der Waals surface area (Å²) >= 11 is 0. The van der Waals surface area contributed by atoms with Gasteiger partial charge in [0.15, 0.2) is 0 Å². The second-order valence-corrected chi connectivity index (χ2v) is 9.33. The largest absolute Gasteiger partial charge is 0.466 e. The fraction of sp³-hybridized carbons (Fsp3) is 0.357. The quantitative estimate of drug-likeness (QED) is 0.338. The second kappa shape index (κ2) is 11.4. The van der Waals surface area contributed by atoms with Crippen molar-refractivity contribution in [2.75, 3.05) is 20.2 Å². The van der Waals surface area contributed by atoms with E-state index in [2.05, 4.69) is 22.3 Å². The van der Waals surface area contributed by atoms with Crippen LogP contribution in [0.5, 0.6) is 0 Å². The zero-order chi connectivity index (χ0) is 26.5. The van der Waals surface area contributed by atoms with Crippen LogP contribution in [0.1, 0.15) is 43.7 Å². The Bertz CT molecular complexity index is 1250. The lowest BCUT2D eigenvalue weighted by Crippen LogP contribution is -2.41. The van der Waals surface area contributed by atoms with Gasteiger partial charge < -0.3 is 14.8 Å². The fourth-order valence-electron chi connectivity index (χ4n) is 5.16. The first kappa shape index (κ1) is 26.1. The molecule has 1 saturated heterocycles. The number of nitro groups is 1. The Morgan fingerprint density at radius 1 is 1.03 bits per heavy atom. The Labute approximate surface area is 215 Å². The average molecular weight is 506 g/mol. The van der Waals surface area contributed by atoms with Crippen LogP contribution in [-0.2, 0) is 25.6 Å². The number of nitrogens with one attached hydrogen (secondary N) is 1. The van der Waals surface area contributed by atoms with Gasteiger partial charge in [0.1, 0.15) is 6.10 Å². The zero-order valence-corrected chi connectivity index (χ0v) is 21.2. The predicted octanol–water partition coefficient (Wildman–Crippen LogP) is 4.21. The molecular weight excluding hydrogens is 474 g/mol. The number of likely N-dealkylation sites (tertiary alicyclic amines) is 1. The number of hydrogen-bond acceptors (Lipinski definition) is 8. The van der Waals surface area contributed by atoms with E-state index in [-0.39, 0.29) is 28.5 Å². The standard InChI is InChI=1S/C28H31N3O6/c1-18-24(27(32)36-3)26(22-13-7-8-14-23(22)31(34)35)25(19(2)29-18)28(33)37-21-12-9-15-30(17-21)16-20-10-5-4-6-11-20/h4-8,10-11,13-14,21,26,29H,9,12,15-17H2,1-3H3/t21-,26-/m0/s1. The van der Waals surface area contributed by atoms with Crippen molar-refractivity contribution in [2.24, 2.45) is 0 Å². The molecule has 9 heteroatoms. The van der Waals surface area contributed by atoms with Crippen LogP contribution in [0.3, 0.4) is 0 Å². The predicted molar refractivity (Wildman–Crippen MR) is 137 cm³/mol. The number of ether oxygens (including phenoxy) is 2. The summed E-state index contributed by atoms with van der Waals surface area (Å²) in [5.74, 6) is -2.28. The van der Waals surface area contributed by atoms with Crippen LogP contribution in [0.2, 0.25) is 0 Å². The number of methoxy groups -OCH3 is 1. The Kier molecular flexibility index (Phi) is 8.03. The number of nitrogens with zero attached hydrogens (tertiary/aromatic N) is 2. The Morgan fingerprint density at radius 3 is 2.35 bits per heavy atom. The molecule has 0 radical (unpaired) electrons. The SMILES string of the molecule is COC(=O)C1=C(C)NC(C)=C(C(=O)O[C@H]2CCCN(Cc3ccccc3)C2)[C@H]1c1ccccc1[N+](=O)[O-]. The topological polar surface area (TPSA) is 111 Å². The number of carbonyl (C=O) groups excluding carboxylic acids is 2. The first-order valence-corrected chi connectivity index (χ1v) is 12.3. The molecule has 0 aromatic heterocycles. The zero-order valence-electron chi connectivity index (χ0n) is 21.2. The summed E-state index contributed by atoms with van der Waals surface area (Å²) < 4.78 is 11.0. The molecule has 194 valence electrons. The Hall–Kier alpha value is -3.98. The van der Waals surface area contributed by atoms with Crippen LogP contribution in [0.25, 0.3) is 0 Å². The van der Waals surface area contributed by atoms with Crippen molar-refractivity contribution < 1.29 is 24.0 Å². The number of allylic oxidation sites excluding steroid dienone is 2. The smallest absolute Gasteiger partial charge is 0.337 e. The molecule has 0 spiro atoms. The highest BCUT2D eigenvalue weighted by molar-refractivity contribution is 6.00. The minimum absolute atomic E-state index is 0.142. The van der Waals surface area contributed by atoms with E-state index in [1.165, 1.54) is 18.7 Å². The van der Waals surface area contributed by atoms with Crippen molar-refractivity contribution in [2.45, 2.75) is 45.3 Å². The number of benzene rings is 2.